The summed E-state index contributed by atoms with van der Waals surface area (Å²) in [6.07, 6.45) is -0.126. The first kappa shape index (κ1) is 21.3. The number of carboxylic acid groups (broad SMARTS) is 1. The third-order valence-corrected chi connectivity index (χ3v) is 4.88. The summed E-state index contributed by atoms with van der Waals surface area (Å²) in [7, 11) is 1.77. The summed E-state index contributed by atoms with van der Waals surface area (Å²) in [6, 6.07) is 9.50. The molecule has 1 fully saturated rings. The molecule has 1 N–H and O–H groups in total. The molecule has 0 aromatic heterocycles. The highest BCUT2D eigenvalue weighted by Crippen LogP contribution is 2.25. The van der Waals surface area contributed by atoms with E-state index in [2.05, 4.69) is 4.90 Å². The zero-order valence-corrected chi connectivity index (χ0v) is 16.5. The number of hydrogen-bond donors (Lipinski definition) is 1. The molecule has 0 aliphatic carbocycles. The Kier molecular flexibility index (Phi) is 8.22. The number of carboxylic acids is 1. The topological polar surface area (TPSA) is 73.3 Å². The molecule has 0 saturated carbocycles. The van der Waals surface area contributed by atoms with Crippen LogP contribution in [0.5, 0.6) is 0 Å². The van der Waals surface area contributed by atoms with Crippen LogP contribution in [0, 0.1) is 0 Å². The Hall–Kier alpha value is -1.96. The number of benzene rings is 1. The molecule has 0 radical (unpaired) electrons. The van der Waals surface area contributed by atoms with Crippen LogP contribution in [0.2, 0.25) is 0 Å². The third-order valence-electron chi connectivity index (χ3n) is 4.88. The normalized spacial score (nSPS) is 19.0. The molecule has 1 amide bonds. The summed E-state index contributed by atoms with van der Waals surface area (Å²) in [4.78, 5) is 29.9. The molecule has 7 nitrogen and oxygen atoms in total. The van der Waals surface area contributed by atoms with Crippen LogP contribution in [0.4, 0.5) is 0 Å². The van der Waals surface area contributed by atoms with E-state index in [-0.39, 0.29) is 24.6 Å². The van der Waals surface area contributed by atoms with E-state index in [1.807, 2.05) is 49.1 Å². The van der Waals surface area contributed by atoms with Crippen molar-refractivity contribution in [2.45, 2.75) is 26.0 Å². The van der Waals surface area contributed by atoms with Crippen LogP contribution in [0.25, 0.3) is 0 Å². The fraction of sp³-hybridized carbons (Fsp3) is 0.600. The van der Waals surface area contributed by atoms with Crippen LogP contribution >= 0.6 is 0 Å². The summed E-state index contributed by atoms with van der Waals surface area (Å²) in [6.45, 7) is 7.62. The van der Waals surface area contributed by atoms with Gasteiger partial charge in [-0.25, -0.2) is 0 Å². The summed E-state index contributed by atoms with van der Waals surface area (Å²) in [5, 5.41) is 8.95. The molecular formula is C20H31N3O4. The van der Waals surface area contributed by atoms with E-state index >= 15 is 0 Å². The molecule has 1 heterocycles. The zero-order chi connectivity index (χ0) is 19.8. The van der Waals surface area contributed by atoms with Crippen molar-refractivity contribution in [1.29, 1.82) is 0 Å². The van der Waals surface area contributed by atoms with Crippen LogP contribution in [-0.4, -0.2) is 90.7 Å². The van der Waals surface area contributed by atoms with E-state index in [4.69, 9.17) is 9.84 Å². The van der Waals surface area contributed by atoms with Gasteiger partial charge in [0.15, 0.2) is 0 Å². The summed E-state index contributed by atoms with van der Waals surface area (Å²) in [5.74, 6) is -0.755. The van der Waals surface area contributed by atoms with Gasteiger partial charge in [0, 0.05) is 32.7 Å². The average Bonchev–Trinajstić information content (AvgIpc) is 2.63. The van der Waals surface area contributed by atoms with Gasteiger partial charge in [0.2, 0.25) is 5.91 Å². The molecule has 1 aromatic carbocycles. The number of carbonyl (C=O) groups excluding carboxylic acids is 1. The zero-order valence-electron chi connectivity index (χ0n) is 16.5. The van der Waals surface area contributed by atoms with Gasteiger partial charge in [0.25, 0.3) is 0 Å². The lowest BCUT2D eigenvalue weighted by molar-refractivity contribution is -0.141. The molecule has 2 rings (SSSR count). The SMILES string of the molecule is CCN(CC)C(=O)C(c1ccccc1)N1CCOC(CN(C)CC(=O)O)C1. The predicted octanol–water partition coefficient (Wildman–Crippen LogP) is 1.31. The second kappa shape index (κ2) is 10.4. The molecule has 1 aliphatic heterocycles. The molecule has 2 unspecified atom stereocenters. The van der Waals surface area contributed by atoms with E-state index in [0.29, 0.717) is 39.3 Å². The van der Waals surface area contributed by atoms with Crippen molar-refractivity contribution < 1.29 is 19.4 Å². The van der Waals surface area contributed by atoms with Crippen molar-refractivity contribution in [3.63, 3.8) is 0 Å². The molecule has 150 valence electrons. The number of carbonyl (C=O) groups is 2. The quantitative estimate of drug-likeness (QED) is 0.700. The van der Waals surface area contributed by atoms with E-state index in [1.165, 1.54) is 0 Å². The average molecular weight is 377 g/mol. The maximum Gasteiger partial charge on any atom is 0.317 e. The lowest BCUT2D eigenvalue weighted by atomic mass is 10.0. The van der Waals surface area contributed by atoms with Crippen LogP contribution in [0.3, 0.4) is 0 Å². The van der Waals surface area contributed by atoms with Crippen LogP contribution in [0.15, 0.2) is 30.3 Å². The van der Waals surface area contributed by atoms with E-state index in [0.717, 1.165) is 5.56 Å². The minimum absolute atomic E-state index is 0.0274. The second-order valence-electron chi connectivity index (χ2n) is 6.90. The maximum absolute atomic E-state index is 13.2. The number of ether oxygens (including phenoxy) is 1. The van der Waals surface area contributed by atoms with Gasteiger partial charge in [-0.3, -0.25) is 19.4 Å². The van der Waals surface area contributed by atoms with Gasteiger partial charge in [0.05, 0.1) is 19.3 Å². The molecule has 1 aromatic rings. The van der Waals surface area contributed by atoms with E-state index in [1.54, 1.807) is 11.9 Å². The van der Waals surface area contributed by atoms with Crippen LogP contribution in [0.1, 0.15) is 25.5 Å². The fourth-order valence-electron chi connectivity index (χ4n) is 3.58. The van der Waals surface area contributed by atoms with Gasteiger partial charge in [-0.05, 0) is 26.5 Å². The Balaban J connectivity index is 2.17. The van der Waals surface area contributed by atoms with E-state index in [9.17, 15) is 9.59 Å². The number of hydrogen-bond acceptors (Lipinski definition) is 5. The molecule has 7 heteroatoms. The predicted molar refractivity (Wildman–Crippen MR) is 104 cm³/mol. The van der Waals surface area contributed by atoms with Crippen molar-refractivity contribution in [2.24, 2.45) is 0 Å². The third kappa shape index (κ3) is 6.02. The second-order valence-corrected chi connectivity index (χ2v) is 6.90. The van der Waals surface area contributed by atoms with Gasteiger partial charge in [-0.1, -0.05) is 30.3 Å². The Morgan fingerprint density at radius 3 is 2.52 bits per heavy atom. The number of rotatable bonds is 9. The summed E-state index contributed by atoms with van der Waals surface area (Å²) >= 11 is 0. The number of aliphatic carboxylic acids is 1. The standard InChI is InChI=1S/C20H31N3O4/c1-4-22(5-2)20(26)19(16-9-7-6-8-10-16)23-11-12-27-17(14-23)13-21(3)15-18(24)25/h6-10,17,19H,4-5,11-15H2,1-3H3,(H,24,25). The molecule has 27 heavy (non-hydrogen) atoms. The van der Waals surface area contributed by atoms with Crippen molar-refractivity contribution in [2.75, 3.05) is 52.9 Å². The minimum Gasteiger partial charge on any atom is -0.480 e. The number of nitrogens with zero attached hydrogens (tertiary/aromatic N) is 3. The molecule has 1 aliphatic rings. The van der Waals surface area contributed by atoms with Gasteiger partial charge < -0.3 is 14.7 Å². The highest BCUT2D eigenvalue weighted by Gasteiger charge is 2.34. The molecule has 0 bridgehead atoms. The van der Waals surface area contributed by atoms with Crippen molar-refractivity contribution >= 4 is 11.9 Å². The van der Waals surface area contributed by atoms with Crippen molar-refractivity contribution in [3.05, 3.63) is 35.9 Å². The monoisotopic (exact) mass is 377 g/mol. The van der Waals surface area contributed by atoms with Crippen LogP contribution in [-0.2, 0) is 14.3 Å². The Bertz CT molecular complexity index is 607. The number of likely N-dealkylation sites (N-methyl/N-ethyl adjacent to an activating group) is 2. The van der Waals surface area contributed by atoms with Crippen molar-refractivity contribution in [1.82, 2.24) is 14.7 Å². The molecule has 0 spiro atoms. The number of amides is 1. The maximum atomic E-state index is 13.2. The largest absolute Gasteiger partial charge is 0.480 e. The van der Waals surface area contributed by atoms with Crippen LogP contribution < -0.4 is 0 Å². The van der Waals surface area contributed by atoms with Crippen molar-refractivity contribution in [3.8, 4) is 0 Å². The molecular weight excluding hydrogens is 346 g/mol. The minimum atomic E-state index is -0.857. The van der Waals surface area contributed by atoms with Gasteiger partial charge >= 0.3 is 5.97 Å². The van der Waals surface area contributed by atoms with Gasteiger partial charge in [0.1, 0.15) is 6.04 Å². The molecule has 2 atom stereocenters. The van der Waals surface area contributed by atoms with Gasteiger partial charge in [-0.2, -0.15) is 0 Å². The summed E-state index contributed by atoms with van der Waals surface area (Å²) in [5.41, 5.74) is 0.981. The smallest absolute Gasteiger partial charge is 0.317 e. The fourth-order valence-corrected chi connectivity index (χ4v) is 3.58. The van der Waals surface area contributed by atoms with Gasteiger partial charge in [-0.15, -0.1) is 0 Å². The Morgan fingerprint density at radius 2 is 1.93 bits per heavy atom. The Labute approximate surface area is 161 Å². The first-order valence-corrected chi connectivity index (χ1v) is 9.55. The lowest BCUT2D eigenvalue weighted by Crippen LogP contribution is -2.52. The van der Waals surface area contributed by atoms with E-state index < -0.39 is 5.97 Å². The first-order chi connectivity index (χ1) is 13.0. The highest BCUT2D eigenvalue weighted by molar-refractivity contribution is 5.83. The lowest BCUT2D eigenvalue weighted by Gasteiger charge is -2.40. The molecule has 1 saturated heterocycles. The first-order valence-electron chi connectivity index (χ1n) is 9.55. The highest BCUT2D eigenvalue weighted by atomic mass is 16.5. The summed E-state index contributed by atoms with van der Waals surface area (Å²) < 4.78 is 5.84. The Morgan fingerprint density at radius 1 is 1.26 bits per heavy atom. The number of morpholine rings is 1.